The first-order chi connectivity index (χ1) is 12.4. The lowest BCUT2D eigenvalue weighted by Gasteiger charge is -2.31. The van der Waals surface area contributed by atoms with Gasteiger partial charge in [-0.2, -0.15) is 4.99 Å². The highest BCUT2D eigenvalue weighted by atomic mass is 35.5. The Hall–Kier alpha value is -2.61. The number of pyridine rings is 1. The van der Waals surface area contributed by atoms with E-state index in [1.54, 1.807) is 18.6 Å². The molecule has 26 heavy (non-hydrogen) atoms. The summed E-state index contributed by atoms with van der Waals surface area (Å²) in [5.74, 6) is -0.585. The standard InChI is InChI=1S/C17H15Cl2N7/c18-13-3-1-2-10(14(13)19)6-17(21)24-15(23-16(20)25-17)11-4-5-12-7-22-9-26(12)8-11/h1-5,7-9H,6,21H2,(H3,20,23,24,25). The number of halogens is 2. The summed E-state index contributed by atoms with van der Waals surface area (Å²) in [6.07, 6.45) is 5.63. The van der Waals surface area contributed by atoms with Gasteiger partial charge in [-0.15, -0.1) is 0 Å². The molecule has 1 aliphatic rings. The molecule has 4 rings (SSSR count). The Morgan fingerprint density at radius 3 is 2.88 bits per heavy atom. The van der Waals surface area contributed by atoms with Crippen LogP contribution in [-0.4, -0.2) is 27.0 Å². The van der Waals surface area contributed by atoms with Gasteiger partial charge in [-0.05, 0) is 23.8 Å². The minimum absolute atomic E-state index is 0.182. The van der Waals surface area contributed by atoms with Crippen molar-refractivity contribution in [2.24, 2.45) is 21.5 Å². The monoisotopic (exact) mass is 387 g/mol. The fraction of sp³-hybridized carbons (Fsp3) is 0.118. The van der Waals surface area contributed by atoms with E-state index in [1.165, 1.54) is 0 Å². The summed E-state index contributed by atoms with van der Waals surface area (Å²) in [7, 11) is 0. The lowest BCUT2D eigenvalue weighted by molar-refractivity contribution is 0.403. The molecule has 1 atom stereocenters. The van der Waals surface area contributed by atoms with Crippen LogP contribution in [0.25, 0.3) is 5.52 Å². The maximum atomic E-state index is 6.44. The highest BCUT2D eigenvalue weighted by Gasteiger charge is 2.31. The quantitative estimate of drug-likeness (QED) is 0.639. The Morgan fingerprint density at radius 1 is 1.19 bits per heavy atom. The Labute approximate surface area is 159 Å². The van der Waals surface area contributed by atoms with Gasteiger partial charge in [-0.25, -0.2) is 9.98 Å². The van der Waals surface area contributed by atoms with Gasteiger partial charge >= 0.3 is 0 Å². The highest BCUT2D eigenvalue weighted by molar-refractivity contribution is 6.42. The molecule has 5 N–H and O–H groups in total. The number of hydrogen-bond acceptors (Lipinski definition) is 6. The van der Waals surface area contributed by atoms with Crippen molar-refractivity contribution in [3.63, 3.8) is 0 Å². The van der Waals surface area contributed by atoms with Crippen LogP contribution in [0.15, 0.2) is 59.0 Å². The molecule has 1 aromatic carbocycles. The summed E-state index contributed by atoms with van der Waals surface area (Å²) in [6.45, 7) is 0. The van der Waals surface area contributed by atoms with Crippen LogP contribution in [0.1, 0.15) is 11.1 Å². The highest BCUT2D eigenvalue weighted by Crippen LogP contribution is 2.28. The van der Waals surface area contributed by atoms with E-state index in [4.69, 9.17) is 34.7 Å². The van der Waals surface area contributed by atoms with E-state index >= 15 is 0 Å². The number of nitrogens with two attached hydrogens (primary N) is 2. The van der Waals surface area contributed by atoms with Gasteiger partial charge < -0.3 is 15.5 Å². The number of amidine groups is 1. The summed E-state index contributed by atoms with van der Waals surface area (Å²) >= 11 is 12.4. The molecular weight excluding hydrogens is 373 g/mol. The zero-order chi connectivity index (χ0) is 18.3. The Bertz CT molecular complexity index is 1060. The third-order valence-electron chi connectivity index (χ3n) is 4.03. The maximum Gasteiger partial charge on any atom is 0.198 e. The van der Waals surface area contributed by atoms with E-state index in [0.29, 0.717) is 22.3 Å². The summed E-state index contributed by atoms with van der Waals surface area (Å²) in [5.41, 5.74) is 14.9. The number of nitrogens with zero attached hydrogens (tertiary/aromatic N) is 4. The molecule has 1 aliphatic heterocycles. The third-order valence-corrected chi connectivity index (χ3v) is 4.89. The van der Waals surface area contributed by atoms with Crippen molar-refractivity contribution < 1.29 is 0 Å². The molecule has 7 nitrogen and oxygen atoms in total. The van der Waals surface area contributed by atoms with Gasteiger partial charge in [0.25, 0.3) is 0 Å². The number of aromatic nitrogens is 2. The number of rotatable bonds is 3. The van der Waals surface area contributed by atoms with E-state index in [2.05, 4.69) is 20.3 Å². The van der Waals surface area contributed by atoms with E-state index in [-0.39, 0.29) is 5.96 Å². The average Bonchev–Trinajstić information content (AvgIpc) is 3.05. The molecule has 0 aliphatic carbocycles. The van der Waals surface area contributed by atoms with Crippen molar-refractivity contribution in [2.75, 3.05) is 0 Å². The van der Waals surface area contributed by atoms with Crippen LogP contribution in [0, 0.1) is 0 Å². The van der Waals surface area contributed by atoms with Gasteiger partial charge in [-0.3, -0.25) is 5.73 Å². The molecular formula is C17H15Cl2N7. The molecule has 0 fully saturated rings. The average molecular weight is 388 g/mol. The lowest BCUT2D eigenvalue weighted by atomic mass is 10.1. The minimum Gasteiger partial charge on any atom is -0.370 e. The first kappa shape index (κ1) is 16.8. The molecule has 0 spiro atoms. The largest absolute Gasteiger partial charge is 0.370 e. The van der Waals surface area contributed by atoms with Gasteiger partial charge in [-0.1, -0.05) is 35.3 Å². The maximum absolute atomic E-state index is 6.44. The topological polar surface area (TPSA) is 106 Å². The van der Waals surface area contributed by atoms with Crippen LogP contribution in [0.3, 0.4) is 0 Å². The number of nitrogens with one attached hydrogen (secondary N) is 1. The van der Waals surface area contributed by atoms with Crippen LogP contribution >= 0.6 is 23.2 Å². The SMILES string of the molecule is NC1=NC(c2ccc3cncn3c2)=NC(N)(Cc2cccc(Cl)c2Cl)N1. The fourth-order valence-corrected chi connectivity index (χ4v) is 3.23. The Morgan fingerprint density at radius 2 is 2.04 bits per heavy atom. The summed E-state index contributed by atoms with van der Waals surface area (Å²) < 4.78 is 1.87. The van der Waals surface area contributed by atoms with E-state index < -0.39 is 5.79 Å². The van der Waals surface area contributed by atoms with Crippen LogP contribution in [0.2, 0.25) is 10.0 Å². The van der Waals surface area contributed by atoms with Crippen LogP contribution in [0.4, 0.5) is 0 Å². The molecule has 3 heterocycles. The fourth-order valence-electron chi connectivity index (χ4n) is 2.85. The van der Waals surface area contributed by atoms with Crippen molar-refractivity contribution in [1.29, 1.82) is 0 Å². The smallest absolute Gasteiger partial charge is 0.198 e. The molecule has 2 aromatic heterocycles. The summed E-state index contributed by atoms with van der Waals surface area (Å²) in [5, 5.41) is 3.82. The number of imidazole rings is 1. The molecule has 3 aromatic rings. The van der Waals surface area contributed by atoms with Gasteiger partial charge in [0, 0.05) is 18.2 Å². The molecule has 132 valence electrons. The van der Waals surface area contributed by atoms with E-state index in [0.717, 1.165) is 16.6 Å². The molecule has 0 bridgehead atoms. The van der Waals surface area contributed by atoms with Crippen molar-refractivity contribution in [2.45, 2.75) is 12.2 Å². The van der Waals surface area contributed by atoms with Crippen molar-refractivity contribution >= 4 is 40.5 Å². The van der Waals surface area contributed by atoms with Gasteiger partial charge in [0.15, 0.2) is 17.6 Å². The van der Waals surface area contributed by atoms with Crippen LogP contribution < -0.4 is 16.8 Å². The molecule has 0 amide bonds. The Balaban J connectivity index is 1.72. The van der Waals surface area contributed by atoms with Crippen molar-refractivity contribution in [3.05, 3.63) is 70.2 Å². The zero-order valence-electron chi connectivity index (χ0n) is 13.5. The second kappa shape index (κ2) is 6.28. The van der Waals surface area contributed by atoms with E-state index in [1.807, 2.05) is 34.9 Å². The van der Waals surface area contributed by atoms with Gasteiger partial charge in [0.1, 0.15) is 0 Å². The van der Waals surface area contributed by atoms with Gasteiger partial charge in [0.05, 0.1) is 28.1 Å². The number of aliphatic imine (C=N–C) groups is 2. The number of benzene rings is 1. The third kappa shape index (κ3) is 3.12. The number of fused-ring (bicyclic) bond motifs is 1. The molecule has 0 saturated heterocycles. The van der Waals surface area contributed by atoms with Crippen LogP contribution in [0.5, 0.6) is 0 Å². The summed E-state index contributed by atoms with van der Waals surface area (Å²) in [6, 6.07) is 9.19. The first-order valence-corrected chi connectivity index (χ1v) is 8.55. The predicted octanol–water partition coefficient (Wildman–Crippen LogP) is 2.16. The Kier molecular flexibility index (Phi) is 4.07. The normalized spacial score (nSPS) is 19.8. The molecule has 9 heteroatoms. The number of hydrogen-bond donors (Lipinski definition) is 3. The molecule has 0 radical (unpaired) electrons. The number of guanidine groups is 1. The second-order valence-corrected chi connectivity index (χ2v) is 6.80. The lowest BCUT2D eigenvalue weighted by Crippen LogP contribution is -2.60. The zero-order valence-corrected chi connectivity index (χ0v) is 15.0. The molecule has 0 saturated carbocycles. The van der Waals surface area contributed by atoms with Crippen molar-refractivity contribution in [3.8, 4) is 0 Å². The first-order valence-electron chi connectivity index (χ1n) is 7.80. The minimum atomic E-state index is -1.20. The van der Waals surface area contributed by atoms with Crippen molar-refractivity contribution in [1.82, 2.24) is 14.7 Å². The second-order valence-electron chi connectivity index (χ2n) is 6.01. The van der Waals surface area contributed by atoms with E-state index in [9.17, 15) is 0 Å². The summed E-state index contributed by atoms with van der Waals surface area (Å²) in [4.78, 5) is 13.0. The molecule has 1 unspecified atom stereocenters. The van der Waals surface area contributed by atoms with Gasteiger partial charge in [0.2, 0.25) is 0 Å². The predicted molar refractivity (Wildman–Crippen MR) is 104 cm³/mol. The van der Waals surface area contributed by atoms with Crippen LogP contribution in [-0.2, 0) is 6.42 Å².